The third-order valence-electron chi connectivity index (χ3n) is 7.64. The molecule has 1 fully saturated rings. The van der Waals surface area contributed by atoms with Crippen molar-refractivity contribution in [1.82, 2.24) is 19.7 Å². The largest absolute Gasteiger partial charge is 0.486 e. The third kappa shape index (κ3) is 6.37. The Hall–Kier alpha value is -3.27. The minimum Gasteiger partial charge on any atom is -0.486 e. The monoisotopic (exact) mass is 562 g/mol. The molecule has 2 aromatic carbocycles. The van der Waals surface area contributed by atoms with Crippen LogP contribution in [0.4, 0.5) is 0 Å². The van der Waals surface area contributed by atoms with Gasteiger partial charge in [0, 0.05) is 57.7 Å². The van der Waals surface area contributed by atoms with Crippen LogP contribution < -0.4 is 4.74 Å². The van der Waals surface area contributed by atoms with Crippen LogP contribution in [0.1, 0.15) is 52.1 Å². The van der Waals surface area contributed by atoms with Gasteiger partial charge in [-0.05, 0) is 35.2 Å². The van der Waals surface area contributed by atoms with Crippen molar-refractivity contribution in [2.24, 2.45) is 5.92 Å². The number of hydrogen-bond acceptors (Lipinski definition) is 7. The molecule has 40 heavy (non-hydrogen) atoms. The molecule has 2 aliphatic heterocycles. The van der Waals surface area contributed by atoms with Crippen molar-refractivity contribution in [2.75, 3.05) is 53.0 Å². The van der Waals surface area contributed by atoms with Crippen molar-refractivity contribution in [3.05, 3.63) is 81.3 Å². The molecule has 3 heterocycles. The van der Waals surface area contributed by atoms with Gasteiger partial charge in [0.05, 0.1) is 12.6 Å². The minimum absolute atomic E-state index is 0.0247. The van der Waals surface area contributed by atoms with Gasteiger partial charge in [-0.15, -0.1) is 11.3 Å². The van der Waals surface area contributed by atoms with E-state index in [1.165, 1.54) is 16.9 Å². The molecule has 0 saturated carbocycles. The molecule has 0 radical (unpaired) electrons. The first kappa shape index (κ1) is 28.3. The standard InChI is InChI=1S/C31H38N4O4S/c1-22(2)30(36)35-12-11-23-9-10-25(19-26(23)29(35)24-7-5-4-6-8-24)39-20-28-32-27(21-40-28)31(37)34-15-13-33(14-16-34)17-18-38-3/h4-10,19,21-22,29H,11-18,20H2,1-3H3/t29-/m1/s1. The van der Waals surface area contributed by atoms with Gasteiger partial charge in [-0.25, -0.2) is 4.98 Å². The van der Waals surface area contributed by atoms with Crippen molar-refractivity contribution in [1.29, 1.82) is 0 Å². The van der Waals surface area contributed by atoms with Gasteiger partial charge in [0.15, 0.2) is 0 Å². The lowest BCUT2D eigenvalue weighted by molar-refractivity contribution is -0.136. The number of rotatable bonds is 9. The second-order valence-corrected chi connectivity index (χ2v) is 11.6. The van der Waals surface area contributed by atoms with Gasteiger partial charge < -0.3 is 19.3 Å². The van der Waals surface area contributed by atoms with Crippen LogP contribution in [0, 0.1) is 5.92 Å². The van der Waals surface area contributed by atoms with E-state index in [2.05, 4.69) is 34.1 Å². The van der Waals surface area contributed by atoms with E-state index in [-0.39, 0.29) is 30.4 Å². The van der Waals surface area contributed by atoms with Crippen LogP contribution in [0.3, 0.4) is 0 Å². The molecule has 1 saturated heterocycles. The lowest BCUT2D eigenvalue weighted by atomic mass is 9.87. The predicted octanol–water partition coefficient (Wildman–Crippen LogP) is 4.26. The Morgan fingerprint density at radius 3 is 2.55 bits per heavy atom. The zero-order valence-electron chi connectivity index (χ0n) is 23.5. The molecule has 212 valence electrons. The number of hydrogen-bond donors (Lipinski definition) is 0. The molecule has 8 nitrogen and oxygen atoms in total. The Morgan fingerprint density at radius 2 is 1.82 bits per heavy atom. The highest BCUT2D eigenvalue weighted by molar-refractivity contribution is 7.09. The number of carbonyl (C=O) groups is 2. The molecule has 0 unspecified atom stereocenters. The van der Waals surface area contributed by atoms with Crippen molar-refractivity contribution in [3.63, 3.8) is 0 Å². The number of methoxy groups -OCH3 is 1. The van der Waals surface area contributed by atoms with Crippen molar-refractivity contribution in [3.8, 4) is 5.75 Å². The first-order valence-electron chi connectivity index (χ1n) is 14.0. The average Bonchev–Trinajstić information content (AvgIpc) is 3.47. The summed E-state index contributed by atoms with van der Waals surface area (Å²) in [5.74, 6) is 0.785. The summed E-state index contributed by atoms with van der Waals surface area (Å²) < 4.78 is 11.3. The van der Waals surface area contributed by atoms with Gasteiger partial charge in [0.1, 0.15) is 23.1 Å². The molecule has 1 aromatic heterocycles. The maximum atomic E-state index is 13.2. The maximum Gasteiger partial charge on any atom is 0.273 e. The quantitative estimate of drug-likeness (QED) is 0.388. The van der Waals surface area contributed by atoms with Gasteiger partial charge in [0.2, 0.25) is 5.91 Å². The lowest BCUT2D eigenvalue weighted by Crippen LogP contribution is -2.49. The average molecular weight is 563 g/mol. The highest BCUT2D eigenvalue weighted by atomic mass is 32.1. The van der Waals surface area contributed by atoms with Gasteiger partial charge in [-0.3, -0.25) is 14.5 Å². The Bertz CT molecular complexity index is 1300. The number of benzene rings is 2. The zero-order valence-corrected chi connectivity index (χ0v) is 24.4. The van der Waals surface area contributed by atoms with E-state index in [1.807, 2.05) is 53.3 Å². The lowest BCUT2D eigenvalue weighted by Gasteiger charge is -2.39. The third-order valence-corrected chi connectivity index (χ3v) is 8.46. The van der Waals surface area contributed by atoms with Crippen LogP contribution in [0.15, 0.2) is 53.9 Å². The van der Waals surface area contributed by atoms with E-state index in [0.29, 0.717) is 31.9 Å². The van der Waals surface area contributed by atoms with Gasteiger partial charge in [-0.2, -0.15) is 0 Å². The number of ether oxygens (including phenoxy) is 2. The van der Waals surface area contributed by atoms with E-state index in [9.17, 15) is 9.59 Å². The van der Waals surface area contributed by atoms with Crippen LogP contribution in [-0.2, 0) is 22.6 Å². The number of thiazole rings is 1. The summed E-state index contributed by atoms with van der Waals surface area (Å²) >= 11 is 1.44. The van der Waals surface area contributed by atoms with E-state index < -0.39 is 0 Å². The number of piperazine rings is 1. The van der Waals surface area contributed by atoms with Crippen molar-refractivity contribution in [2.45, 2.75) is 32.9 Å². The van der Waals surface area contributed by atoms with Crippen LogP contribution in [0.5, 0.6) is 5.75 Å². The first-order valence-corrected chi connectivity index (χ1v) is 14.9. The SMILES string of the molecule is COCCN1CCN(C(=O)c2csc(COc3ccc4c(c3)[C@@H](c3ccccc3)N(C(=O)C(C)C)CC4)n2)CC1. The number of fused-ring (bicyclic) bond motifs is 1. The van der Waals surface area contributed by atoms with E-state index >= 15 is 0 Å². The fourth-order valence-electron chi connectivity index (χ4n) is 5.42. The number of amides is 2. The molecular weight excluding hydrogens is 524 g/mol. The highest BCUT2D eigenvalue weighted by Crippen LogP contribution is 2.38. The molecule has 0 aliphatic carbocycles. The van der Waals surface area contributed by atoms with E-state index in [1.54, 1.807) is 7.11 Å². The second kappa shape index (κ2) is 12.9. The van der Waals surface area contributed by atoms with Gasteiger partial charge >= 0.3 is 0 Å². The smallest absolute Gasteiger partial charge is 0.273 e. The normalized spacial score (nSPS) is 17.6. The summed E-state index contributed by atoms with van der Waals surface area (Å²) in [6.45, 7) is 9.56. The Balaban J connectivity index is 1.26. The van der Waals surface area contributed by atoms with E-state index in [4.69, 9.17) is 9.47 Å². The van der Waals surface area contributed by atoms with Crippen LogP contribution in [0.25, 0.3) is 0 Å². The molecule has 9 heteroatoms. The Labute approximate surface area is 240 Å². The molecule has 0 spiro atoms. The predicted molar refractivity (Wildman–Crippen MR) is 156 cm³/mol. The second-order valence-electron chi connectivity index (χ2n) is 10.7. The Kier molecular flexibility index (Phi) is 9.14. The van der Waals surface area contributed by atoms with Crippen LogP contribution in [0.2, 0.25) is 0 Å². The fraction of sp³-hybridized carbons (Fsp3) is 0.452. The molecule has 2 aliphatic rings. The van der Waals surface area contributed by atoms with E-state index in [0.717, 1.165) is 47.9 Å². The maximum absolute atomic E-state index is 13.2. The summed E-state index contributed by atoms with van der Waals surface area (Å²) in [5.41, 5.74) is 3.91. The summed E-state index contributed by atoms with van der Waals surface area (Å²) in [6, 6.07) is 16.2. The molecular formula is C31H38N4O4S. The number of nitrogens with zero attached hydrogens (tertiary/aromatic N) is 4. The summed E-state index contributed by atoms with van der Waals surface area (Å²) in [6.07, 6.45) is 0.815. The van der Waals surface area contributed by atoms with Crippen LogP contribution in [-0.4, -0.2) is 84.5 Å². The summed E-state index contributed by atoms with van der Waals surface area (Å²) in [5, 5.41) is 2.59. The van der Waals surface area contributed by atoms with Crippen molar-refractivity contribution < 1.29 is 19.1 Å². The minimum atomic E-state index is -0.151. The van der Waals surface area contributed by atoms with Crippen molar-refractivity contribution >= 4 is 23.2 Å². The van der Waals surface area contributed by atoms with Gasteiger partial charge in [0.25, 0.3) is 5.91 Å². The molecule has 0 N–H and O–H groups in total. The molecule has 3 aromatic rings. The van der Waals surface area contributed by atoms with Gasteiger partial charge in [-0.1, -0.05) is 50.2 Å². The summed E-state index contributed by atoms with van der Waals surface area (Å²) in [4.78, 5) is 37.0. The number of carbonyl (C=O) groups excluding carboxylic acids is 2. The highest BCUT2D eigenvalue weighted by Gasteiger charge is 2.33. The summed E-state index contributed by atoms with van der Waals surface area (Å²) in [7, 11) is 1.71. The van der Waals surface area contributed by atoms with Crippen LogP contribution >= 0.6 is 11.3 Å². The molecule has 0 bridgehead atoms. The zero-order chi connectivity index (χ0) is 28.1. The fourth-order valence-corrected chi connectivity index (χ4v) is 6.10. The molecule has 1 atom stereocenters. The Morgan fingerprint density at radius 1 is 1.05 bits per heavy atom. The molecule has 5 rings (SSSR count). The topological polar surface area (TPSA) is 75.2 Å². The first-order chi connectivity index (χ1) is 19.4. The number of aromatic nitrogens is 1. The molecule has 2 amide bonds.